The molecule has 0 amide bonds. The predicted octanol–water partition coefficient (Wildman–Crippen LogP) is -0.481. The smallest absolute Gasteiger partial charge is 0.137 e. The summed E-state index contributed by atoms with van der Waals surface area (Å²) in [7, 11) is 0. The minimum absolute atomic E-state index is 0.365. The van der Waals surface area contributed by atoms with Crippen molar-refractivity contribution in [1.82, 2.24) is 14.8 Å². The van der Waals surface area contributed by atoms with E-state index in [9.17, 15) is 0 Å². The largest absolute Gasteiger partial charge is 0.312 e. The van der Waals surface area contributed by atoms with Crippen LogP contribution >= 0.6 is 0 Å². The van der Waals surface area contributed by atoms with Gasteiger partial charge in [-0.2, -0.15) is 10.4 Å². The van der Waals surface area contributed by atoms with Crippen LogP contribution in [0, 0.1) is 11.3 Å². The molecule has 2 N–H and O–H groups in total. The minimum atomic E-state index is -0.867. The normalized spacial score (nSPS) is 15.4. The third kappa shape index (κ3) is 2.02. The molecule has 0 radical (unpaired) electrons. The molecule has 0 spiro atoms. The van der Waals surface area contributed by atoms with Crippen LogP contribution in [-0.4, -0.2) is 20.3 Å². The first-order chi connectivity index (χ1) is 5.14. The monoisotopic (exact) mass is 151 g/mol. The molecule has 1 atom stereocenters. The van der Waals surface area contributed by atoms with Crippen LogP contribution in [0.1, 0.15) is 6.92 Å². The molecule has 1 rings (SSSR count). The Labute approximate surface area is 64.5 Å². The number of rotatable bonds is 2. The molecular weight excluding hydrogens is 142 g/mol. The maximum atomic E-state index is 8.56. The first kappa shape index (κ1) is 7.69. The van der Waals surface area contributed by atoms with Crippen LogP contribution in [0.4, 0.5) is 0 Å². The van der Waals surface area contributed by atoms with Crippen LogP contribution in [0.5, 0.6) is 0 Å². The fraction of sp³-hybridized carbons (Fsp3) is 0.500. The molecule has 1 heterocycles. The second-order valence-corrected chi connectivity index (χ2v) is 2.62. The van der Waals surface area contributed by atoms with Gasteiger partial charge in [0.15, 0.2) is 0 Å². The standard InChI is InChI=1S/C6H9N5/c1-6(8,2-7)3-11-5-9-4-10-11/h4-5H,3,8H2,1H3. The Bertz CT molecular complexity index is 255. The lowest BCUT2D eigenvalue weighted by Gasteiger charge is -2.13. The third-order valence-electron chi connectivity index (χ3n) is 1.21. The molecule has 58 valence electrons. The van der Waals surface area contributed by atoms with Crippen molar-refractivity contribution in [3.63, 3.8) is 0 Å². The van der Waals surface area contributed by atoms with Gasteiger partial charge in [0.05, 0.1) is 12.6 Å². The van der Waals surface area contributed by atoms with Crippen LogP contribution in [0.3, 0.4) is 0 Å². The topological polar surface area (TPSA) is 80.5 Å². The lowest BCUT2D eigenvalue weighted by molar-refractivity contribution is 0.458. The molecule has 5 heteroatoms. The molecule has 0 aliphatic carbocycles. The number of nitrogens with two attached hydrogens (primary N) is 1. The number of nitriles is 1. The molecule has 1 aromatic rings. The van der Waals surface area contributed by atoms with Crippen molar-refractivity contribution >= 4 is 0 Å². The summed E-state index contributed by atoms with van der Waals surface area (Å²) in [6.07, 6.45) is 2.94. The zero-order chi connectivity index (χ0) is 8.32. The van der Waals surface area contributed by atoms with E-state index in [1.807, 2.05) is 6.07 Å². The van der Waals surface area contributed by atoms with Gasteiger partial charge in [0.1, 0.15) is 18.2 Å². The zero-order valence-electron chi connectivity index (χ0n) is 6.23. The van der Waals surface area contributed by atoms with Crippen molar-refractivity contribution in [1.29, 1.82) is 5.26 Å². The number of aromatic nitrogens is 3. The summed E-state index contributed by atoms with van der Waals surface area (Å²) in [5, 5.41) is 12.4. The molecule has 0 aliphatic rings. The van der Waals surface area contributed by atoms with Gasteiger partial charge in [0.25, 0.3) is 0 Å². The quantitative estimate of drug-likeness (QED) is 0.619. The van der Waals surface area contributed by atoms with Crippen LogP contribution in [0.25, 0.3) is 0 Å². The van der Waals surface area contributed by atoms with E-state index < -0.39 is 5.54 Å². The van der Waals surface area contributed by atoms with Gasteiger partial charge >= 0.3 is 0 Å². The first-order valence-corrected chi connectivity index (χ1v) is 3.16. The van der Waals surface area contributed by atoms with Crippen molar-refractivity contribution < 1.29 is 0 Å². The molecular formula is C6H9N5. The Balaban J connectivity index is 2.65. The van der Waals surface area contributed by atoms with Gasteiger partial charge in [-0.3, -0.25) is 4.68 Å². The van der Waals surface area contributed by atoms with E-state index >= 15 is 0 Å². The molecule has 0 fully saturated rings. The molecule has 0 aromatic carbocycles. The molecule has 11 heavy (non-hydrogen) atoms. The number of nitrogens with zero attached hydrogens (tertiary/aromatic N) is 4. The summed E-state index contributed by atoms with van der Waals surface area (Å²) in [6.45, 7) is 2.01. The highest BCUT2D eigenvalue weighted by Gasteiger charge is 2.17. The highest BCUT2D eigenvalue weighted by atomic mass is 15.3. The first-order valence-electron chi connectivity index (χ1n) is 3.16. The fourth-order valence-electron chi connectivity index (χ4n) is 0.686. The number of hydrogen-bond acceptors (Lipinski definition) is 4. The summed E-state index contributed by atoms with van der Waals surface area (Å²) in [6, 6.07) is 1.97. The summed E-state index contributed by atoms with van der Waals surface area (Å²) < 4.78 is 1.53. The maximum absolute atomic E-state index is 8.56. The second-order valence-electron chi connectivity index (χ2n) is 2.62. The molecule has 0 bridgehead atoms. The van der Waals surface area contributed by atoms with E-state index in [0.717, 1.165) is 0 Å². The molecule has 0 aliphatic heterocycles. The van der Waals surface area contributed by atoms with Crippen LogP contribution in [-0.2, 0) is 6.54 Å². The summed E-state index contributed by atoms with van der Waals surface area (Å²) in [5.74, 6) is 0. The Kier molecular flexibility index (Phi) is 1.87. The second kappa shape index (κ2) is 2.68. The van der Waals surface area contributed by atoms with Gasteiger partial charge < -0.3 is 5.73 Å². The highest BCUT2D eigenvalue weighted by Crippen LogP contribution is 1.99. The summed E-state index contributed by atoms with van der Waals surface area (Å²) in [4.78, 5) is 3.73. The average molecular weight is 151 g/mol. The molecule has 1 aromatic heterocycles. The van der Waals surface area contributed by atoms with Crippen LogP contribution in [0.15, 0.2) is 12.7 Å². The summed E-state index contributed by atoms with van der Waals surface area (Å²) in [5.41, 5.74) is 4.69. The van der Waals surface area contributed by atoms with Crippen LogP contribution in [0.2, 0.25) is 0 Å². The zero-order valence-corrected chi connectivity index (χ0v) is 6.23. The minimum Gasteiger partial charge on any atom is -0.312 e. The Morgan fingerprint density at radius 3 is 3.00 bits per heavy atom. The van der Waals surface area contributed by atoms with E-state index in [4.69, 9.17) is 11.0 Å². The van der Waals surface area contributed by atoms with Gasteiger partial charge in [-0.25, -0.2) is 4.98 Å². The third-order valence-corrected chi connectivity index (χ3v) is 1.21. The Hall–Kier alpha value is -1.41. The van der Waals surface area contributed by atoms with Crippen molar-refractivity contribution in [2.75, 3.05) is 0 Å². The van der Waals surface area contributed by atoms with Crippen molar-refractivity contribution in [3.8, 4) is 6.07 Å². The van der Waals surface area contributed by atoms with Crippen molar-refractivity contribution in [2.45, 2.75) is 19.0 Å². The van der Waals surface area contributed by atoms with Gasteiger partial charge in [0, 0.05) is 0 Å². The van der Waals surface area contributed by atoms with Gasteiger partial charge in [-0.1, -0.05) is 0 Å². The number of hydrogen-bond donors (Lipinski definition) is 1. The SMILES string of the molecule is CC(N)(C#N)Cn1cncn1. The molecule has 0 saturated carbocycles. The van der Waals surface area contributed by atoms with Crippen LogP contribution < -0.4 is 5.73 Å². The predicted molar refractivity (Wildman–Crippen MR) is 38.2 cm³/mol. The Morgan fingerprint density at radius 2 is 2.55 bits per heavy atom. The Morgan fingerprint density at radius 1 is 1.82 bits per heavy atom. The van der Waals surface area contributed by atoms with E-state index in [1.165, 1.54) is 17.3 Å². The van der Waals surface area contributed by atoms with E-state index in [-0.39, 0.29) is 0 Å². The average Bonchev–Trinajstić information content (AvgIpc) is 2.39. The lowest BCUT2D eigenvalue weighted by Crippen LogP contribution is -2.39. The molecule has 5 nitrogen and oxygen atoms in total. The fourth-order valence-corrected chi connectivity index (χ4v) is 0.686. The lowest BCUT2D eigenvalue weighted by atomic mass is 10.1. The van der Waals surface area contributed by atoms with Gasteiger partial charge in [-0.05, 0) is 6.92 Å². The van der Waals surface area contributed by atoms with Gasteiger partial charge in [-0.15, -0.1) is 0 Å². The maximum Gasteiger partial charge on any atom is 0.137 e. The van der Waals surface area contributed by atoms with Gasteiger partial charge in [0.2, 0.25) is 0 Å². The molecule has 0 saturated heterocycles. The van der Waals surface area contributed by atoms with Crippen molar-refractivity contribution in [2.24, 2.45) is 5.73 Å². The van der Waals surface area contributed by atoms with E-state index in [0.29, 0.717) is 6.54 Å². The van der Waals surface area contributed by atoms with E-state index in [1.54, 1.807) is 6.92 Å². The van der Waals surface area contributed by atoms with E-state index in [2.05, 4.69) is 10.1 Å². The highest BCUT2D eigenvalue weighted by molar-refractivity contribution is 5.00. The summed E-state index contributed by atoms with van der Waals surface area (Å²) >= 11 is 0. The molecule has 1 unspecified atom stereocenters. The van der Waals surface area contributed by atoms with Crippen molar-refractivity contribution in [3.05, 3.63) is 12.7 Å².